The van der Waals surface area contributed by atoms with Crippen molar-refractivity contribution >= 4 is 165 Å². The summed E-state index contributed by atoms with van der Waals surface area (Å²) >= 11 is -1.95. The Morgan fingerprint density at radius 3 is 1.24 bits per heavy atom. The van der Waals surface area contributed by atoms with E-state index in [2.05, 4.69) is 29.5 Å². The van der Waals surface area contributed by atoms with Gasteiger partial charge in [-0.2, -0.15) is 0 Å². The second-order valence-electron chi connectivity index (χ2n) is 14.6. The Balaban J connectivity index is 0.952. The molecule has 0 unspecified atom stereocenters. The standard InChI is InChI=1S/C38H36N12O4S6.2C2H4O2.2Pb/c1-25-33(35(39)49(43-25)29-9-5-3-6-10-29)37(55)57-45-41-27-13-17-31(18-14-27)59(51,52)47-21-23-48(24-22-47)60(53,54)32-19-15-28(16-20-32)42-46-58-38(56)34-26(2)44-50(36(34)40)30-11-7-4-8-12-30;2*1-2(3)4;;/h3-20,39-40,55-56H,21-24H2,1-2H3;2*1H3,(H,3,4);;/q;;;2*+2/p-4/b37-33-,38-34-,39-35?,40-36?,45-41?,46-42?;;;;. The fourth-order valence-corrected chi connectivity index (χ4v) is 24.4. The molecule has 0 spiro atoms. The van der Waals surface area contributed by atoms with Gasteiger partial charge in [0.05, 0.1) is 0 Å². The number of rotatable bonds is 18. The number of para-hydroxylation sites is 2. The molecular formula is C42H40N12O8Pb2S6. The molecule has 0 bridgehead atoms. The Bertz CT molecular complexity index is 2860. The Labute approximate surface area is 443 Å². The van der Waals surface area contributed by atoms with E-state index in [1.165, 1.54) is 97.6 Å². The number of nitrogens with zero attached hydrogens (tertiary/aromatic N) is 10. The molecule has 0 aliphatic carbocycles. The molecule has 360 valence electrons. The van der Waals surface area contributed by atoms with Crippen molar-refractivity contribution in [2.45, 2.75) is 37.5 Å². The quantitative estimate of drug-likeness (QED) is 0.0537. The zero-order valence-electron chi connectivity index (χ0n) is 37.4. The van der Waals surface area contributed by atoms with Gasteiger partial charge in [-0.3, -0.25) is 0 Å². The summed E-state index contributed by atoms with van der Waals surface area (Å²) in [7, 11) is -5.28. The summed E-state index contributed by atoms with van der Waals surface area (Å²) in [4.78, 5) is 23.1. The first-order valence-electron chi connectivity index (χ1n) is 20.6. The normalized spacial score (nSPS) is 17.6. The first-order chi connectivity index (χ1) is 33.5. The van der Waals surface area contributed by atoms with Crippen LogP contribution in [0, 0.1) is 10.8 Å². The second-order valence-corrected chi connectivity index (χ2v) is 32.3. The predicted octanol–water partition coefficient (Wildman–Crippen LogP) is 8.68. The van der Waals surface area contributed by atoms with E-state index in [-0.39, 0.29) is 59.6 Å². The monoisotopic (exact) mass is 1450 g/mol. The molecule has 0 atom stereocenters. The molecule has 3 heterocycles. The summed E-state index contributed by atoms with van der Waals surface area (Å²) in [5.74, 6) is -0.469. The number of piperazine rings is 1. The van der Waals surface area contributed by atoms with Gasteiger partial charge in [0.1, 0.15) is 0 Å². The van der Waals surface area contributed by atoms with Crippen LogP contribution in [-0.4, -0.2) is 133 Å². The number of benzene rings is 4. The Hall–Kier alpha value is -4.16. The molecule has 1 fully saturated rings. The molecule has 1 saturated heterocycles. The Kier molecular flexibility index (Phi) is 18.8. The SMILES string of the molecule is CC(=O)[O][Pb][S]/C(SN=Nc1ccc(S(=O)(=O)N2CCN(S(=O)(=O)c3ccc(N=NS/C([S][Pb][O]C(C)=O)=C4\C(=N)N(c5ccccc5)N=C4C)cc3)CC2)cc1)=C1/C(=N)N(c2ccccc2)N=C1C. The van der Waals surface area contributed by atoms with Crippen molar-refractivity contribution in [2.75, 3.05) is 36.2 Å². The summed E-state index contributed by atoms with van der Waals surface area (Å²) in [6.45, 7) is 5.98. The van der Waals surface area contributed by atoms with Gasteiger partial charge in [0.25, 0.3) is 0 Å². The van der Waals surface area contributed by atoms with Gasteiger partial charge in [0, 0.05) is 0 Å². The second kappa shape index (κ2) is 24.5. The van der Waals surface area contributed by atoms with Crippen LogP contribution < -0.4 is 10.0 Å². The Morgan fingerprint density at radius 2 is 0.914 bits per heavy atom. The van der Waals surface area contributed by atoms with Crippen LogP contribution in [0.2, 0.25) is 0 Å². The van der Waals surface area contributed by atoms with Gasteiger partial charge in [-0.05, 0) is 0 Å². The topological polar surface area (TPSA) is 256 Å². The number of hydrazone groups is 2. The number of hydrogen-bond donors (Lipinski definition) is 2. The molecule has 3 aliphatic rings. The first kappa shape index (κ1) is 53.6. The molecule has 2 N–H and O–H groups in total. The van der Waals surface area contributed by atoms with E-state index in [1.807, 2.05) is 60.7 Å². The van der Waals surface area contributed by atoms with Gasteiger partial charge in [-0.1, -0.05) is 0 Å². The maximum atomic E-state index is 13.7. The van der Waals surface area contributed by atoms with E-state index in [4.69, 9.17) is 16.2 Å². The molecule has 4 radical (unpaired) electrons. The first-order valence-corrected chi connectivity index (χ1v) is 39.3. The van der Waals surface area contributed by atoms with Crippen molar-refractivity contribution in [3.8, 4) is 0 Å². The minimum atomic E-state index is -3.99. The average molecular weight is 1450 g/mol. The maximum absolute atomic E-state index is 13.7. The fourth-order valence-electron chi connectivity index (χ4n) is 6.55. The fraction of sp³-hybridized carbons (Fsp3) is 0.190. The van der Waals surface area contributed by atoms with Crippen LogP contribution in [0.25, 0.3) is 0 Å². The van der Waals surface area contributed by atoms with Crippen molar-refractivity contribution in [1.82, 2.24) is 8.61 Å². The number of carbonyl (C=O) groups is 2. The predicted molar refractivity (Wildman–Crippen MR) is 278 cm³/mol. The summed E-state index contributed by atoms with van der Waals surface area (Å²) in [5.41, 5.74) is 4.44. The van der Waals surface area contributed by atoms with E-state index >= 15 is 0 Å². The minimum absolute atomic E-state index is 0.00635. The van der Waals surface area contributed by atoms with Crippen LogP contribution in [0.4, 0.5) is 22.7 Å². The summed E-state index contributed by atoms with van der Waals surface area (Å²) < 4.78 is 77.7. The summed E-state index contributed by atoms with van der Waals surface area (Å²) in [6, 6.07) is 30.2. The molecule has 4 aromatic rings. The van der Waals surface area contributed by atoms with E-state index in [9.17, 15) is 26.4 Å². The summed E-state index contributed by atoms with van der Waals surface area (Å²) in [6.07, 6.45) is 0. The van der Waals surface area contributed by atoms with Crippen LogP contribution in [0.5, 0.6) is 0 Å². The van der Waals surface area contributed by atoms with Gasteiger partial charge in [-0.15, -0.1) is 0 Å². The van der Waals surface area contributed by atoms with Crippen LogP contribution in [0.3, 0.4) is 0 Å². The number of anilines is 2. The van der Waals surface area contributed by atoms with Gasteiger partial charge in [0.15, 0.2) is 0 Å². The summed E-state index contributed by atoms with van der Waals surface area (Å²) in [5, 5.41) is 38.5. The van der Waals surface area contributed by atoms with Gasteiger partial charge in [0.2, 0.25) is 0 Å². The third-order valence-corrected chi connectivity index (χ3v) is 31.2. The number of hydrogen-bond acceptors (Lipinski definition) is 20. The van der Waals surface area contributed by atoms with Crippen molar-refractivity contribution in [1.29, 1.82) is 10.8 Å². The third kappa shape index (κ3) is 13.3. The van der Waals surface area contributed by atoms with Gasteiger partial charge >= 0.3 is 448 Å². The van der Waals surface area contributed by atoms with Gasteiger partial charge in [-0.25, -0.2) is 0 Å². The molecule has 0 amide bonds. The molecular weight excluding hydrogens is 1410 g/mol. The molecule has 28 heteroatoms. The van der Waals surface area contributed by atoms with Crippen molar-refractivity contribution in [3.05, 3.63) is 129 Å². The van der Waals surface area contributed by atoms with E-state index < -0.39 is 66.4 Å². The molecule has 3 aliphatic heterocycles. The van der Waals surface area contributed by atoms with Crippen LogP contribution in [-0.2, 0) is 35.0 Å². The van der Waals surface area contributed by atoms with Crippen molar-refractivity contribution in [2.24, 2.45) is 29.5 Å². The van der Waals surface area contributed by atoms with Crippen LogP contribution in [0.1, 0.15) is 27.7 Å². The van der Waals surface area contributed by atoms with Crippen molar-refractivity contribution in [3.63, 3.8) is 0 Å². The van der Waals surface area contributed by atoms with E-state index in [0.717, 1.165) is 23.9 Å². The molecule has 70 heavy (non-hydrogen) atoms. The zero-order valence-corrected chi connectivity index (χ0v) is 50.1. The number of amidine groups is 2. The zero-order chi connectivity index (χ0) is 50.0. The number of carbonyl (C=O) groups excluding carboxylic acids is 2. The van der Waals surface area contributed by atoms with E-state index in [1.54, 1.807) is 13.8 Å². The number of nitrogens with one attached hydrogen (secondary N) is 2. The average Bonchev–Trinajstić information content (AvgIpc) is 3.82. The molecule has 0 saturated carbocycles. The van der Waals surface area contributed by atoms with Crippen molar-refractivity contribution < 1.29 is 31.8 Å². The van der Waals surface area contributed by atoms with E-state index in [0.29, 0.717) is 53.8 Å². The third-order valence-electron chi connectivity index (χ3n) is 9.88. The number of sulfonamides is 2. The molecule has 4 aromatic carbocycles. The van der Waals surface area contributed by atoms with Crippen LogP contribution >= 0.6 is 40.5 Å². The van der Waals surface area contributed by atoms with Gasteiger partial charge < -0.3 is 0 Å². The van der Waals surface area contributed by atoms with Crippen LogP contribution in [0.15, 0.2) is 168 Å². The molecule has 0 aromatic heterocycles. The molecule has 7 rings (SSSR count). The molecule has 20 nitrogen and oxygen atoms in total. The Morgan fingerprint density at radius 1 is 0.571 bits per heavy atom.